The number of anilines is 1. The van der Waals surface area contributed by atoms with Crippen LogP contribution in [0.25, 0.3) is 0 Å². The molecule has 0 aliphatic heterocycles. The van der Waals surface area contributed by atoms with Crippen molar-refractivity contribution in [2.75, 3.05) is 17.6 Å². The number of rotatable bonds is 5. The van der Waals surface area contributed by atoms with Crippen molar-refractivity contribution in [3.05, 3.63) is 29.8 Å². The second-order valence-corrected chi connectivity index (χ2v) is 3.68. The summed E-state index contributed by atoms with van der Waals surface area (Å²) >= 11 is 3.81. The molecule has 19 heavy (non-hydrogen) atoms. The standard InChI is InChI=1S/C11H12N2O4S.K/c14-9(6-18)13-8-3-1-2-7(4-8)11(17)12-5-10(15)16;/h1-4,18H,5-6H2,(H,12,17)(H,13,14)(H,15,16);/q;+1. The van der Waals surface area contributed by atoms with E-state index in [0.29, 0.717) is 5.69 Å². The summed E-state index contributed by atoms with van der Waals surface area (Å²) in [5.74, 6) is -1.89. The van der Waals surface area contributed by atoms with Gasteiger partial charge in [0.25, 0.3) is 5.91 Å². The number of hydrogen-bond acceptors (Lipinski definition) is 4. The van der Waals surface area contributed by atoms with Crippen molar-refractivity contribution in [3.8, 4) is 0 Å². The second-order valence-electron chi connectivity index (χ2n) is 3.36. The van der Waals surface area contributed by atoms with Crippen molar-refractivity contribution in [2.45, 2.75) is 0 Å². The molecule has 0 bridgehead atoms. The predicted molar refractivity (Wildman–Crippen MR) is 68.9 cm³/mol. The number of aliphatic carboxylic acids is 1. The zero-order chi connectivity index (χ0) is 13.5. The van der Waals surface area contributed by atoms with Crippen LogP contribution in [0.15, 0.2) is 24.3 Å². The van der Waals surface area contributed by atoms with E-state index in [1.165, 1.54) is 12.1 Å². The van der Waals surface area contributed by atoms with Gasteiger partial charge in [0.05, 0.1) is 5.75 Å². The summed E-state index contributed by atoms with van der Waals surface area (Å²) in [5, 5.41) is 13.2. The molecule has 0 fully saturated rings. The van der Waals surface area contributed by atoms with Crippen LogP contribution in [0.5, 0.6) is 0 Å². The molecule has 0 radical (unpaired) electrons. The Labute approximate surface area is 158 Å². The van der Waals surface area contributed by atoms with Gasteiger partial charge in [-0.25, -0.2) is 0 Å². The number of amides is 2. The largest absolute Gasteiger partial charge is 1.00 e. The van der Waals surface area contributed by atoms with Crippen LogP contribution in [0, 0.1) is 0 Å². The van der Waals surface area contributed by atoms with E-state index >= 15 is 0 Å². The van der Waals surface area contributed by atoms with E-state index in [1.807, 2.05) is 0 Å². The van der Waals surface area contributed by atoms with E-state index in [9.17, 15) is 14.4 Å². The molecule has 0 saturated carbocycles. The van der Waals surface area contributed by atoms with Crippen LogP contribution < -0.4 is 62.0 Å². The van der Waals surface area contributed by atoms with Gasteiger partial charge in [0.2, 0.25) is 5.91 Å². The van der Waals surface area contributed by atoms with Crippen molar-refractivity contribution < 1.29 is 70.9 Å². The van der Waals surface area contributed by atoms with E-state index in [2.05, 4.69) is 23.3 Å². The van der Waals surface area contributed by atoms with Crippen molar-refractivity contribution in [1.82, 2.24) is 5.32 Å². The van der Waals surface area contributed by atoms with Crippen molar-refractivity contribution in [3.63, 3.8) is 0 Å². The Kier molecular flexibility index (Phi) is 9.32. The number of thiol groups is 1. The maximum absolute atomic E-state index is 11.6. The van der Waals surface area contributed by atoms with Gasteiger partial charge in [-0.05, 0) is 18.2 Å². The Hall–Kier alpha value is -0.384. The smallest absolute Gasteiger partial charge is 0.480 e. The van der Waals surface area contributed by atoms with Crippen LogP contribution in [-0.2, 0) is 9.59 Å². The van der Waals surface area contributed by atoms with E-state index in [1.54, 1.807) is 12.1 Å². The molecule has 0 aliphatic rings. The maximum atomic E-state index is 11.6. The van der Waals surface area contributed by atoms with Crippen LogP contribution in [0.4, 0.5) is 5.69 Å². The molecule has 0 aromatic heterocycles. The van der Waals surface area contributed by atoms with Crippen LogP contribution in [0.2, 0.25) is 0 Å². The zero-order valence-corrected chi connectivity index (χ0v) is 14.4. The van der Waals surface area contributed by atoms with Gasteiger partial charge in [-0.3, -0.25) is 14.4 Å². The summed E-state index contributed by atoms with van der Waals surface area (Å²) in [7, 11) is 0. The Morgan fingerprint density at radius 1 is 1.26 bits per heavy atom. The average Bonchev–Trinajstić information content (AvgIpc) is 2.36. The Bertz CT molecular complexity index is 482. The molecule has 2 amide bonds. The summed E-state index contributed by atoms with van der Waals surface area (Å²) in [4.78, 5) is 33.0. The third-order valence-corrected chi connectivity index (χ3v) is 2.24. The first-order chi connectivity index (χ1) is 8.52. The zero-order valence-electron chi connectivity index (χ0n) is 10.3. The molecule has 0 aliphatic carbocycles. The molecular formula is C11H12KN2O4S+. The molecule has 1 aromatic rings. The van der Waals surface area contributed by atoms with Crippen molar-refractivity contribution in [2.24, 2.45) is 0 Å². The van der Waals surface area contributed by atoms with Crippen LogP contribution in [0.3, 0.4) is 0 Å². The average molecular weight is 307 g/mol. The minimum atomic E-state index is -1.12. The molecule has 3 N–H and O–H groups in total. The Morgan fingerprint density at radius 3 is 2.53 bits per heavy atom. The Balaban J connectivity index is 0.00000324. The summed E-state index contributed by atoms with van der Waals surface area (Å²) < 4.78 is 0. The Morgan fingerprint density at radius 2 is 1.95 bits per heavy atom. The second kappa shape index (κ2) is 9.51. The molecule has 0 heterocycles. The number of nitrogens with one attached hydrogen (secondary N) is 2. The molecule has 1 rings (SSSR count). The quantitative estimate of drug-likeness (QED) is 0.354. The minimum absolute atomic E-state index is 0. The van der Waals surface area contributed by atoms with Gasteiger partial charge in [0, 0.05) is 11.3 Å². The topological polar surface area (TPSA) is 95.5 Å². The maximum Gasteiger partial charge on any atom is 1.00 e. The summed E-state index contributed by atoms with van der Waals surface area (Å²) in [6.45, 7) is -0.452. The van der Waals surface area contributed by atoms with Crippen molar-refractivity contribution >= 4 is 36.1 Å². The first kappa shape index (κ1) is 18.6. The summed E-state index contributed by atoms with van der Waals surface area (Å²) in [5.41, 5.74) is 0.727. The molecular weight excluding hydrogens is 295 g/mol. The number of carboxylic acids is 1. The van der Waals surface area contributed by atoms with Crippen LogP contribution in [-0.4, -0.2) is 35.2 Å². The van der Waals surface area contributed by atoms with Crippen LogP contribution >= 0.6 is 12.6 Å². The van der Waals surface area contributed by atoms with Crippen molar-refractivity contribution in [1.29, 1.82) is 0 Å². The van der Waals surface area contributed by atoms with Gasteiger partial charge >= 0.3 is 57.4 Å². The minimum Gasteiger partial charge on any atom is -0.480 e. The fourth-order valence-electron chi connectivity index (χ4n) is 1.20. The van der Waals surface area contributed by atoms with Gasteiger partial charge in [0.1, 0.15) is 6.54 Å². The third-order valence-electron chi connectivity index (χ3n) is 1.95. The fraction of sp³-hybridized carbons (Fsp3) is 0.182. The van der Waals surface area contributed by atoms with Gasteiger partial charge in [0.15, 0.2) is 0 Å². The number of carbonyl (C=O) groups excluding carboxylic acids is 2. The molecule has 0 unspecified atom stereocenters. The number of carboxylic acid groups (broad SMARTS) is 1. The normalized spacial score (nSPS) is 9.11. The molecule has 0 spiro atoms. The van der Waals surface area contributed by atoms with E-state index in [0.717, 1.165) is 0 Å². The molecule has 1 aromatic carbocycles. The SMILES string of the molecule is O=C(O)CNC(=O)c1cccc(NC(=O)CS)c1.[K+]. The molecule has 8 heteroatoms. The summed E-state index contributed by atoms with van der Waals surface area (Å²) in [6, 6.07) is 6.19. The van der Waals surface area contributed by atoms with Gasteiger partial charge in [-0.15, -0.1) is 0 Å². The molecule has 6 nitrogen and oxygen atoms in total. The van der Waals surface area contributed by atoms with Gasteiger partial charge in [-0.1, -0.05) is 6.07 Å². The first-order valence-electron chi connectivity index (χ1n) is 5.03. The van der Waals surface area contributed by atoms with E-state index in [-0.39, 0.29) is 68.6 Å². The first-order valence-corrected chi connectivity index (χ1v) is 5.67. The number of carbonyl (C=O) groups is 3. The molecule has 96 valence electrons. The van der Waals surface area contributed by atoms with E-state index in [4.69, 9.17) is 5.11 Å². The van der Waals surface area contributed by atoms with Crippen LogP contribution in [0.1, 0.15) is 10.4 Å². The summed E-state index contributed by atoms with van der Waals surface area (Å²) in [6.07, 6.45) is 0. The number of hydrogen-bond donors (Lipinski definition) is 4. The molecule has 0 atom stereocenters. The van der Waals surface area contributed by atoms with E-state index < -0.39 is 18.4 Å². The fourth-order valence-corrected chi connectivity index (χ4v) is 1.28. The van der Waals surface area contributed by atoms with Gasteiger partial charge in [-0.2, -0.15) is 12.6 Å². The third kappa shape index (κ3) is 7.09. The van der Waals surface area contributed by atoms with Gasteiger partial charge < -0.3 is 15.7 Å². The molecule has 0 saturated heterocycles. The monoisotopic (exact) mass is 307 g/mol. The number of benzene rings is 1. The predicted octanol–water partition coefficient (Wildman–Crippen LogP) is -2.63.